The van der Waals surface area contributed by atoms with Gasteiger partial charge in [0.15, 0.2) is 0 Å². The minimum Gasteiger partial charge on any atom is -0.325 e. The number of benzene rings is 3. The highest BCUT2D eigenvalue weighted by atomic mass is 16.2. The van der Waals surface area contributed by atoms with Gasteiger partial charge in [0.1, 0.15) is 0 Å². The van der Waals surface area contributed by atoms with Crippen molar-refractivity contribution in [3.8, 4) is 0 Å². The molecule has 3 heteroatoms. The molecule has 0 radical (unpaired) electrons. The Morgan fingerprint density at radius 1 is 0.958 bits per heavy atom. The van der Waals surface area contributed by atoms with Crippen molar-refractivity contribution in [1.82, 2.24) is 5.32 Å². The highest BCUT2D eigenvalue weighted by Gasteiger charge is 2.12. The summed E-state index contributed by atoms with van der Waals surface area (Å²) in [5, 5.41) is 8.53. The van der Waals surface area contributed by atoms with Crippen LogP contribution in [0.15, 0.2) is 66.7 Å². The Bertz CT molecular complexity index is 840. The minimum atomic E-state index is -0.266. The molecule has 3 rings (SSSR count). The van der Waals surface area contributed by atoms with Crippen LogP contribution in [0.3, 0.4) is 0 Å². The second-order valence-corrected chi connectivity index (χ2v) is 6.14. The lowest BCUT2D eigenvalue weighted by atomic mass is 10.1. The fourth-order valence-corrected chi connectivity index (χ4v) is 2.59. The van der Waals surface area contributed by atoms with Crippen LogP contribution < -0.4 is 10.6 Å². The Morgan fingerprint density at radius 3 is 2.42 bits per heavy atom. The zero-order valence-electron chi connectivity index (χ0n) is 14.0. The van der Waals surface area contributed by atoms with E-state index in [2.05, 4.69) is 47.9 Å². The van der Waals surface area contributed by atoms with Crippen molar-refractivity contribution in [2.45, 2.75) is 26.4 Å². The topological polar surface area (TPSA) is 41.1 Å². The number of nitrogens with one attached hydrogen (secondary N) is 2. The van der Waals surface area contributed by atoms with E-state index in [9.17, 15) is 4.79 Å². The van der Waals surface area contributed by atoms with Crippen LogP contribution in [0.5, 0.6) is 0 Å². The summed E-state index contributed by atoms with van der Waals surface area (Å²) in [7, 11) is 0. The van der Waals surface area contributed by atoms with Crippen molar-refractivity contribution >= 4 is 22.4 Å². The fourth-order valence-electron chi connectivity index (χ4n) is 2.59. The molecule has 0 fully saturated rings. The highest BCUT2D eigenvalue weighted by Crippen LogP contribution is 2.18. The molecule has 0 aliphatic rings. The van der Waals surface area contributed by atoms with Crippen LogP contribution in [0.2, 0.25) is 0 Å². The number of anilines is 1. The Hall–Kier alpha value is -2.65. The molecular formula is C21H22N2O. The van der Waals surface area contributed by atoms with Gasteiger partial charge in [-0.25, -0.2) is 0 Å². The van der Waals surface area contributed by atoms with Gasteiger partial charge in [-0.2, -0.15) is 0 Å². The molecule has 0 saturated carbocycles. The van der Waals surface area contributed by atoms with E-state index < -0.39 is 0 Å². The number of amides is 1. The predicted octanol–water partition coefficient (Wildman–Crippen LogP) is 4.27. The van der Waals surface area contributed by atoms with Crippen molar-refractivity contribution in [2.24, 2.45) is 0 Å². The molecule has 1 amide bonds. The fraction of sp³-hybridized carbons (Fsp3) is 0.190. The first-order chi connectivity index (χ1) is 11.6. The quantitative estimate of drug-likeness (QED) is 0.738. The summed E-state index contributed by atoms with van der Waals surface area (Å²) in [4.78, 5) is 12.4. The lowest BCUT2D eigenvalue weighted by molar-refractivity contribution is -0.117. The Labute approximate surface area is 142 Å². The normalized spacial score (nSPS) is 12.1. The molecule has 3 aromatic rings. The van der Waals surface area contributed by atoms with E-state index >= 15 is 0 Å². The van der Waals surface area contributed by atoms with Crippen LogP contribution in [0.4, 0.5) is 5.69 Å². The molecule has 24 heavy (non-hydrogen) atoms. The van der Waals surface area contributed by atoms with Gasteiger partial charge in [0.2, 0.25) is 5.91 Å². The number of hydrogen-bond acceptors (Lipinski definition) is 2. The molecule has 3 nitrogen and oxygen atoms in total. The molecule has 1 atom stereocenters. The first kappa shape index (κ1) is 16.2. The molecule has 2 N–H and O–H groups in total. The number of aryl methyl sites for hydroxylation is 1. The number of carbonyl (C=O) groups is 1. The van der Waals surface area contributed by atoms with E-state index in [-0.39, 0.29) is 11.9 Å². The second-order valence-electron chi connectivity index (χ2n) is 6.14. The van der Waals surface area contributed by atoms with Crippen molar-refractivity contribution < 1.29 is 4.79 Å². The van der Waals surface area contributed by atoms with Gasteiger partial charge in [0, 0.05) is 12.2 Å². The summed E-state index contributed by atoms with van der Waals surface area (Å²) in [5.41, 5.74) is 3.23. The molecule has 122 valence electrons. The van der Waals surface area contributed by atoms with Gasteiger partial charge in [0.25, 0.3) is 0 Å². The van der Waals surface area contributed by atoms with Crippen LogP contribution in [0.25, 0.3) is 10.8 Å². The molecule has 0 aromatic heterocycles. The number of carbonyl (C=O) groups excluding carboxylic acids is 1. The van der Waals surface area contributed by atoms with Crippen LogP contribution in [0.1, 0.15) is 18.1 Å². The van der Waals surface area contributed by atoms with Crippen LogP contribution >= 0.6 is 0 Å². The maximum absolute atomic E-state index is 12.4. The van der Waals surface area contributed by atoms with Gasteiger partial charge >= 0.3 is 0 Å². The average molecular weight is 318 g/mol. The molecule has 0 aliphatic heterocycles. The predicted molar refractivity (Wildman–Crippen MR) is 100 cm³/mol. The third-order valence-electron chi connectivity index (χ3n) is 4.14. The van der Waals surface area contributed by atoms with E-state index in [1.807, 2.05) is 43.3 Å². The molecule has 0 spiro atoms. The number of fused-ring (bicyclic) bond motifs is 1. The first-order valence-electron chi connectivity index (χ1n) is 8.20. The smallest absolute Gasteiger partial charge is 0.241 e. The summed E-state index contributed by atoms with van der Waals surface area (Å²) >= 11 is 0. The number of rotatable bonds is 5. The second kappa shape index (κ2) is 7.28. The van der Waals surface area contributed by atoms with Crippen LogP contribution in [-0.2, 0) is 11.3 Å². The standard InChI is InChI=1S/C21H22N2O/c1-15-7-9-17(10-8-15)14-22-16(2)21(24)23-20-12-11-18-5-3-4-6-19(18)13-20/h3-13,16,22H,14H2,1-2H3,(H,23,24)/t16-/m1/s1. The van der Waals surface area contributed by atoms with E-state index in [0.717, 1.165) is 11.1 Å². The molecule has 0 unspecified atom stereocenters. The third-order valence-corrected chi connectivity index (χ3v) is 4.14. The molecule has 0 saturated heterocycles. The zero-order chi connectivity index (χ0) is 16.9. The summed E-state index contributed by atoms with van der Waals surface area (Å²) in [5.74, 6) is -0.0302. The maximum atomic E-state index is 12.4. The molecule has 0 heterocycles. The largest absolute Gasteiger partial charge is 0.325 e. The zero-order valence-corrected chi connectivity index (χ0v) is 14.0. The van der Waals surface area contributed by atoms with Crippen molar-refractivity contribution in [2.75, 3.05) is 5.32 Å². The monoisotopic (exact) mass is 318 g/mol. The van der Waals surface area contributed by atoms with Gasteiger partial charge in [-0.15, -0.1) is 0 Å². The third kappa shape index (κ3) is 4.00. The first-order valence-corrected chi connectivity index (χ1v) is 8.20. The molecule has 0 aliphatic carbocycles. The van der Waals surface area contributed by atoms with Gasteiger partial charge < -0.3 is 10.6 Å². The van der Waals surface area contributed by atoms with E-state index in [1.54, 1.807) is 0 Å². The summed E-state index contributed by atoms with van der Waals surface area (Å²) in [6, 6.07) is 22.1. The van der Waals surface area contributed by atoms with E-state index in [4.69, 9.17) is 0 Å². The molecule has 0 bridgehead atoms. The summed E-state index contributed by atoms with van der Waals surface area (Å²) in [6.45, 7) is 4.62. The SMILES string of the molecule is Cc1ccc(CN[C@H](C)C(=O)Nc2ccc3ccccc3c2)cc1. The van der Waals surface area contributed by atoms with Gasteiger partial charge in [0.05, 0.1) is 6.04 Å². The van der Waals surface area contributed by atoms with Crippen molar-refractivity contribution in [3.63, 3.8) is 0 Å². The Morgan fingerprint density at radius 2 is 1.67 bits per heavy atom. The Kier molecular flexibility index (Phi) is 4.92. The maximum Gasteiger partial charge on any atom is 0.241 e. The van der Waals surface area contributed by atoms with E-state index in [1.165, 1.54) is 16.5 Å². The van der Waals surface area contributed by atoms with Gasteiger partial charge in [-0.1, -0.05) is 60.2 Å². The van der Waals surface area contributed by atoms with Crippen molar-refractivity contribution in [3.05, 3.63) is 77.9 Å². The summed E-state index contributed by atoms with van der Waals surface area (Å²) < 4.78 is 0. The van der Waals surface area contributed by atoms with Crippen LogP contribution in [0, 0.1) is 6.92 Å². The Balaban J connectivity index is 1.59. The van der Waals surface area contributed by atoms with Gasteiger partial charge in [-0.3, -0.25) is 4.79 Å². The summed E-state index contributed by atoms with van der Waals surface area (Å²) in [6.07, 6.45) is 0. The lowest BCUT2D eigenvalue weighted by Gasteiger charge is -2.14. The minimum absolute atomic E-state index is 0.0302. The van der Waals surface area contributed by atoms with Gasteiger partial charge in [-0.05, 0) is 42.3 Å². The molecule has 3 aromatic carbocycles. The van der Waals surface area contributed by atoms with Crippen molar-refractivity contribution in [1.29, 1.82) is 0 Å². The van der Waals surface area contributed by atoms with Crippen LogP contribution in [-0.4, -0.2) is 11.9 Å². The average Bonchev–Trinajstić information content (AvgIpc) is 2.61. The molecular weight excluding hydrogens is 296 g/mol. The van der Waals surface area contributed by atoms with E-state index in [0.29, 0.717) is 6.54 Å². The number of hydrogen-bond donors (Lipinski definition) is 2. The highest BCUT2D eigenvalue weighted by molar-refractivity contribution is 5.97. The lowest BCUT2D eigenvalue weighted by Crippen LogP contribution is -2.37.